The number of anilines is 1. The summed E-state index contributed by atoms with van der Waals surface area (Å²) in [5.74, 6) is 0.597. The van der Waals surface area contributed by atoms with Gasteiger partial charge in [-0.1, -0.05) is 19.1 Å². The van der Waals surface area contributed by atoms with Crippen molar-refractivity contribution in [3.05, 3.63) is 83.8 Å². The summed E-state index contributed by atoms with van der Waals surface area (Å²) in [6.45, 7) is 2.11. The van der Waals surface area contributed by atoms with Gasteiger partial charge in [-0.15, -0.1) is 11.8 Å². The van der Waals surface area contributed by atoms with Gasteiger partial charge in [0.15, 0.2) is 0 Å². The minimum absolute atomic E-state index is 0.144. The quantitative estimate of drug-likeness (QED) is 0.662. The maximum absolute atomic E-state index is 12.6. The van der Waals surface area contributed by atoms with E-state index in [4.69, 9.17) is 0 Å². The molecule has 0 bridgehead atoms. The van der Waals surface area contributed by atoms with Gasteiger partial charge in [-0.2, -0.15) is 0 Å². The van der Waals surface area contributed by atoms with Crippen LogP contribution in [0.2, 0.25) is 0 Å². The molecule has 3 rings (SSSR count). The van der Waals surface area contributed by atoms with Gasteiger partial charge in [0, 0.05) is 30.0 Å². The number of nitrogens with zero attached hydrogens (tertiary/aromatic N) is 2. The van der Waals surface area contributed by atoms with Crippen LogP contribution in [0.25, 0.3) is 0 Å². The Morgan fingerprint density at radius 1 is 1.00 bits per heavy atom. The number of hydrogen-bond donors (Lipinski definition) is 1. The molecule has 0 unspecified atom stereocenters. The molecule has 0 fully saturated rings. The summed E-state index contributed by atoms with van der Waals surface area (Å²) in [4.78, 5) is 21.0. The Labute approximate surface area is 151 Å². The van der Waals surface area contributed by atoms with Crippen molar-refractivity contribution in [2.45, 2.75) is 24.1 Å². The Hall–Kier alpha value is -2.66. The standard InChI is InChI=1S/C20H19N3OS/c1-2-15-5-7-17(8-6-15)23-19(24)18-4-3-11-22-20(18)25-14-16-9-12-21-13-10-16/h3-13H,2,14H2,1H3,(H,23,24). The number of benzene rings is 1. The number of carbonyl (C=O) groups excluding carboxylic acids is 1. The number of amides is 1. The van der Waals surface area contributed by atoms with E-state index in [2.05, 4.69) is 22.2 Å². The van der Waals surface area contributed by atoms with Gasteiger partial charge in [-0.3, -0.25) is 9.78 Å². The molecule has 0 spiro atoms. The normalized spacial score (nSPS) is 10.4. The van der Waals surface area contributed by atoms with Crippen LogP contribution in [0, 0.1) is 0 Å². The third-order valence-electron chi connectivity index (χ3n) is 3.76. The number of pyridine rings is 2. The van der Waals surface area contributed by atoms with E-state index < -0.39 is 0 Å². The van der Waals surface area contributed by atoms with Crippen LogP contribution in [0.1, 0.15) is 28.4 Å². The Balaban J connectivity index is 1.71. The van der Waals surface area contributed by atoms with Crippen LogP contribution in [0.5, 0.6) is 0 Å². The number of thioether (sulfide) groups is 1. The fraction of sp³-hybridized carbons (Fsp3) is 0.150. The number of rotatable bonds is 6. The van der Waals surface area contributed by atoms with Crippen LogP contribution in [-0.4, -0.2) is 15.9 Å². The second-order valence-corrected chi connectivity index (χ2v) is 6.47. The average molecular weight is 349 g/mol. The molecule has 0 aliphatic heterocycles. The van der Waals surface area contributed by atoms with Gasteiger partial charge < -0.3 is 5.32 Å². The molecule has 1 amide bonds. The minimum Gasteiger partial charge on any atom is -0.322 e. The van der Waals surface area contributed by atoms with Crippen molar-refractivity contribution < 1.29 is 4.79 Å². The second-order valence-electron chi connectivity index (χ2n) is 5.50. The van der Waals surface area contributed by atoms with Crippen molar-refractivity contribution in [1.82, 2.24) is 9.97 Å². The SMILES string of the molecule is CCc1ccc(NC(=O)c2cccnc2SCc2ccncc2)cc1. The molecule has 4 nitrogen and oxygen atoms in total. The molecule has 2 heterocycles. The van der Waals surface area contributed by atoms with Crippen molar-refractivity contribution >= 4 is 23.4 Å². The Bertz CT molecular complexity index is 835. The molecule has 0 radical (unpaired) electrons. The Morgan fingerprint density at radius 3 is 2.48 bits per heavy atom. The van der Waals surface area contributed by atoms with E-state index >= 15 is 0 Å². The molecule has 0 aliphatic rings. The largest absolute Gasteiger partial charge is 0.322 e. The van der Waals surface area contributed by atoms with E-state index in [1.165, 1.54) is 5.56 Å². The van der Waals surface area contributed by atoms with E-state index in [0.29, 0.717) is 5.56 Å². The summed E-state index contributed by atoms with van der Waals surface area (Å²) in [6.07, 6.45) is 6.22. The lowest BCUT2D eigenvalue weighted by Gasteiger charge is -2.09. The zero-order chi connectivity index (χ0) is 17.5. The van der Waals surface area contributed by atoms with Crippen LogP contribution < -0.4 is 5.32 Å². The molecule has 0 saturated carbocycles. The summed E-state index contributed by atoms with van der Waals surface area (Å²) in [7, 11) is 0. The maximum atomic E-state index is 12.6. The fourth-order valence-corrected chi connectivity index (χ4v) is 3.28. The summed E-state index contributed by atoms with van der Waals surface area (Å²) in [5.41, 5.74) is 3.76. The summed E-state index contributed by atoms with van der Waals surface area (Å²) < 4.78 is 0. The van der Waals surface area contributed by atoms with Crippen LogP contribution in [0.3, 0.4) is 0 Å². The molecular weight excluding hydrogens is 330 g/mol. The first kappa shape index (κ1) is 17.2. The first-order valence-electron chi connectivity index (χ1n) is 8.13. The fourth-order valence-electron chi connectivity index (χ4n) is 2.33. The molecule has 126 valence electrons. The first-order valence-corrected chi connectivity index (χ1v) is 9.12. The first-order chi connectivity index (χ1) is 12.3. The van der Waals surface area contributed by atoms with Crippen molar-refractivity contribution in [3.8, 4) is 0 Å². The highest BCUT2D eigenvalue weighted by molar-refractivity contribution is 7.98. The highest BCUT2D eigenvalue weighted by Gasteiger charge is 2.13. The molecule has 0 aliphatic carbocycles. The Morgan fingerprint density at radius 2 is 1.76 bits per heavy atom. The van der Waals surface area contributed by atoms with Crippen LogP contribution in [0.15, 0.2) is 72.1 Å². The lowest BCUT2D eigenvalue weighted by Crippen LogP contribution is -2.13. The topological polar surface area (TPSA) is 54.9 Å². The van der Waals surface area contributed by atoms with Crippen molar-refractivity contribution in [2.24, 2.45) is 0 Å². The summed E-state index contributed by atoms with van der Waals surface area (Å²) in [5, 5.41) is 3.67. The molecule has 1 aromatic carbocycles. The van der Waals surface area contributed by atoms with Gasteiger partial charge in [-0.25, -0.2) is 4.98 Å². The number of aromatic nitrogens is 2. The molecule has 0 saturated heterocycles. The molecule has 5 heteroatoms. The summed E-state index contributed by atoms with van der Waals surface area (Å²) in [6, 6.07) is 15.4. The molecule has 0 atom stereocenters. The van der Waals surface area contributed by atoms with E-state index in [1.54, 1.807) is 42.5 Å². The number of carbonyl (C=O) groups is 1. The van der Waals surface area contributed by atoms with Crippen molar-refractivity contribution in [3.63, 3.8) is 0 Å². The van der Waals surface area contributed by atoms with Gasteiger partial charge in [0.25, 0.3) is 5.91 Å². The highest BCUT2D eigenvalue weighted by Crippen LogP contribution is 2.24. The van der Waals surface area contributed by atoms with Gasteiger partial charge >= 0.3 is 0 Å². The molecule has 1 N–H and O–H groups in total. The lowest BCUT2D eigenvalue weighted by atomic mass is 10.1. The van der Waals surface area contributed by atoms with Crippen molar-refractivity contribution in [2.75, 3.05) is 5.32 Å². The molecule has 3 aromatic rings. The molecule has 2 aromatic heterocycles. The minimum atomic E-state index is -0.144. The smallest absolute Gasteiger partial charge is 0.258 e. The Kier molecular flexibility index (Phi) is 5.80. The van der Waals surface area contributed by atoms with Gasteiger partial charge in [0.05, 0.1) is 5.56 Å². The van der Waals surface area contributed by atoms with E-state index in [1.807, 2.05) is 36.4 Å². The van der Waals surface area contributed by atoms with E-state index in [-0.39, 0.29) is 5.91 Å². The number of hydrogen-bond acceptors (Lipinski definition) is 4. The van der Waals surface area contributed by atoms with Gasteiger partial charge in [0.1, 0.15) is 5.03 Å². The van der Waals surface area contributed by atoms with Gasteiger partial charge in [0.2, 0.25) is 0 Å². The molecular formula is C20H19N3OS. The maximum Gasteiger partial charge on any atom is 0.258 e. The zero-order valence-corrected chi connectivity index (χ0v) is 14.8. The van der Waals surface area contributed by atoms with Gasteiger partial charge in [-0.05, 0) is 53.9 Å². The van der Waals surface area contributed by atoms with E-state index in [9.17, 15) is 4.79 Å². The number of nitrogens with one attached hydrogen (secondary N) is 1. The number of aryl methyl sites for hydroxylation is 1. The summed E-state index contributed by atoms with van der Waals surface area (Å²) >= 11 is 1.55. The predicted octanol–water partition coefficient (Wildman–Crippen LogP) is 4.58. The monoisotopic (exact) mass is 349 g/mol. The van der Waals surface area contributed by atoms with Crippen LogP contribution in [-0.2, 0) is 12.2 Å². The third-order valence-corrected chi connectivity index (χ3v) is 4.84. The average Bonchev–Trinajstić information content (AvgIpc) is 2.68. The third kappa shape index (κ3) is 4.67. The van der Waals surface area contributed by atoms with Crippen molar-refractivity contribution in [1.29, 1.82) is 0 Å². The van der Waals surface area contributed by atoms with Crippen LogP contribution >= 0.6 is 11.8 Å². The zero-order valence-electron chi connectivity index (χ0n) is 14.0. The highest BCUT2D eigenvalue weighted by atomic mass is 32.2. The van der Waals surface area contributed by atoms with E-state index in [0.717, 1.165) is 28.5 Å². The second kappa shape index (κ2) is 8.44. The predicted molar refractivity (Wildman–Crippen MR) is 102 cm³/mol. The van der Waals surface area contributed by atoms with Crippen LogP contribution in [0.4, 0.5) is 5.69 Å². The molecule has 25 heavy (non-hydrogen) atoms. The lowest BCUT2D eigenvalue weighted by molar-refractivity contribution is 0.102.